The molecular weight excluding hydrogens is 365 g/mol. The monoisotopic (exact) mass is 385 g/mol. The van der Waals surface area contributed by atoms with Crippen LogP contribution in [0.4, 0.5) is 4.39 Å². The van der Waals surface area contributed by atoms with Crippen LogP contribution >= 0.6 is 0 Å². The van der Waals surface area contributed by atoms with Gasteiger partial charge in [-0.3, -0.25) is 0 Å². The van der Waals surface area contributed by atoms with Crippen LogP contribution in [0.5, 0.6) is 0 Å². The Labute approximate surface area is 158 Å². The molecule has 27 heavy (non-hydrogen) atoms. The summed E-state index contributed by atoms with van der Waals surface area (Å²) in [6, 6.07) is 17.3. The van der Waals surface area contributed by atoms with Crippen molar-refractivity contribution in [1.29, 1.82) is 0 Å². The van der Waals surface area contributed by atoms with E-state index in [-0.39, 0.29) is 10.7 Å². The molecule has 2 aliphatic rings. The molecule has 1 saturated heterocycles. The fraction of sp³-hybridized carbons (Fsp3) is 0.238. The van der Waals surface area contributed by atoms with E-state index < -0.39 is 10.0 Å². The highest BCUT2D eigenvalue weighted by molar-refractivity contribution is 7.90. The standard InChI is InChI=1S/C16H12FNO2S.C5H8O/c17-14-10-8-13(9-11-14)16-7-4-12-18(16)21(19,20)15-5-2-1-3-6-15;1-2-6-5-3-4(1)5/h1-12H;4-5H,1-3H2. The Kier molecular flexibility index (Phi) is 4.85. The third-order valence-electron chi connectivity index (χ3n) is 4.83. The molecule has 2 atom stereocenters. The molecule has 6 heteroatoms. The van der Waals surface area contributed by atoms with Crippen molar-refractivity contribution in [2.75, 3.05) is 6.61 Å². The molecule has 4 nitrogen and oxygen atoms in total. The molecular formula is C21H20FNO3S. The lowest BCUT2D eigenvalue weighted by Gasteiger charge is -2.10. The van der Waals surface area contributed by atoms with Crippen LogP contribution < -0.4 is 0 Å². The van der Waals surface area contributed by atoms with Crippen LogP contribution in [0.2, 0.25) is 0 Å². The van der Waals surface area contributed by atoms with E-state index in [0.29, 0.717) is 17.4 Å². The third kappa shape index (κ3) is 3.82. The Balaban J connectivity index is 0.000000250. The molecule has 2 heterocycles. The van der Waals surface area contributed by atoms with Gasteiger partial charge in [0.2, 0.25) is 0 Å². The SMILES string of the molecule is C1CC2CC2O1.O=S(=O)(c1ccccc1)n1cccc1-c1ccc(F)cc1. The van der Waals surface area contributed by atoms with Gasteiger partial charge in [-0.1, -0.05) is 18.2 Å². The summed E-state index contributed by atoms with van der Waals surface area (Å²) in [4.78, 5) is 0.213. The summed E-state index contributed by atoms with van der Waals surface area (Å²) < 4.78 is 44.7. The van der Waals surface area contributed by atoms with E-state index in [1.165, 1.54) is 35.1 Å². The molecule has 1 saturated carbocycles. The highest BCUT2D eigenvalue weighted by Crippen LogP contribution is 2.41. The van der Waals surface area contributed by atoms with E-state index in [1.54, 1.807) is 54.6 Å². The van der Waals surface area contributed by atoms with E-state index in [1.807, 2.05) is 0 Å². The molecule has 0 amide bonds. The van der Waals surface area contributed by atoms with Gasteiger partial charge in [-0.05, 0) is 72.9 Å². The van der Waals surface area contributed by atoms with Gasteiger partial charge >= 0.3 is 0 Å². The lowest BCUT2D eigenvalue weighted by Crippen LogP contribution is -2.12. The number of fused-ring (bicyclic) bond motifs is 1. The molecule has 0 radical (unpaired) electrons. The summed E-state index contributed by atoms with van der Waals surface area (Å²) >= 11 is 0. The highest BCUT2D eigenvalue weighted by Gasteiger charge is 2.42. The van der Waals surface area contributed by atoms with E-state index in [0.717, 1.165) is 12.5 Å². The van der Waals surface area contributed by atoms with Gasteiger partial charge < -0.3 is 4.74 Å². The summed E-state index contributed by atoms with van der Waals surface area (Å²) in [5, 5.41) is 0. The van der Waals surface area contributed by atoms with Crippen LogP contribution in [-0.2, 0) is 14.8 Å². The molecule has 1 aromatic heterocycles. The Bertz CT molecular complexity index is 1010. The lowest BCUT2D eigenvalue weighted by atomic mass is 10.1. The zero-order chi connectivity index (χ0) is 18.9. The fourth-order valence-electron chi connectivity index (χ4n) is 3.22. The molecule has 1 aliphatic carbocycles. The predicted octanol–water partition coefficient (Wildman–Crippen LogP) is 4.33. The molecule has 0 spiro atoms. The van der Waals surface area contributed by atoms with Crippen molar-refractivity contribution >= 4 is 10.0 Å². The minimum atomic E-state index is -3.66. The van der Waals surface area contributed by atoms with Crippen molar-refractivity contribution < 1.29 is 17.5 Å². The second kappa shape index (κ2) is 7.29. The summed E-state index contributed by atoms with van der Waals surface area (Å²) in [7, 11) is -3.66. The number of hydrogen-bond acceptors (Lipinski definition) is 3. The van der Waals surface area contributed by atoms with Crippen molar-refractivity contribution in [3.8, 4) is 11.3 Å². The molecule has 5 rings (SSSR count). The zero-order valence-electron chi connectivity index (χ0n) is 14.7. The average molecular weight is 385 g/mol. The van der Waals surface area contributed by atoms with Gasteiger partial charge in [-0.2, -0.15) is 0 Å². The van der Waals surface area contributed by atoms with Crippen molar-refractivity contribution in [3.63, 3.8) is 0 Å². The lowest BCUT2D eigenvalue weighted by molar-refractivity contribution is 0.156. The average Bonchev–Trinajstić information content (AvgIpc) is 3.09. The van der Waals surface area contributed by atoms with Gasteiger partial charge in [-0.25, -0.2) is 16.8 Å². The first-order valence-electron chi connectivity index (χ1n) is 8.91. The summed E-state index contributed by atoms with van der Waals surface area (Å²) in [5.74, 6) is 0.632. The van der Waals surface area contributed by atoms with Crippen LogP contribution in [0.3, 0.4) is 0 Å². The first kappa shape index (κ1) is 17.9. The van der Waals surface area contributed by atoms with Gasteiger partial charge in [0, 0.05) is 12.8 Å². The van der Waals surface area contributed by atoms with Gasteiger partial charge in [0.1, 0.15) is 5.82 Å². The van der Waals surface area contributed by atoms with Crippen LogP contribution in [0.1, 0.15) is 12.8 Å². The normalized spacial score (nSPS) is 20.5. The second-order valence-electron chi connectivity index (χ2n) is 6.71. The van der Waals surface area contributed by atoms with Crippen LogP contribution in [0, 0.1) is 11.7 Å². The van der Waals surface area contributed by atoms with Crippen molar-refractivity contribution in [1.82, 2.24) is 3.97 Å². The van der Waals surface area contributed by atoms with Gasteiger partial charge in [0.15, 0.2) is 0 Å². The summed E-state index contributed by atoms with van der Waals surface area (Å²) in [6.07, 6.45) is 4.90. The van der Waals surface area contributed by atoms with Gasteiger partial charge in [-0.15, -0.1) is 0 Å². The zero-order valence-corrected chi connectivity index (χ0v) is 15.5. The Hall–Kier alpha value is -2.44. The molecule has 3 aromatic rings. The first-order chi connectivity index (χ1) is 13.1. The topological polar surface area (TPSA) is 48.3 Å². The smallest absolute Gasteiger partial charge is 0.268 e. The first-order valence-corrected chi connectivity index (χ1v) is 10.4. The minimum absolute atomic E-state index is 0.213. The molecule has 2 fully saturated rings. The number of benzene rings is 2. The minimum Gasteiger partial charge on any atom is -0.378 e. The predicted molar refractivity (Wildman–Crippen MR) is 101 cm³/mol. The number of halogens is 1. The van der Waals surface area contributed by atoms with E-state index >= 15 is 0 Å². The molecule has 2 unspecified atom stereocenters. The number of rotatable bonds is 3. The molecule has 0 bridgehead atoms. The highest BCUT2D eigenvalue weighted by atomic mass is 32.2. The van der Waals surface area contributed by atoms with E-state index in [9.17, 15) is 12.8 Å². The van der Waals surface area contributed by atoms with Gasteiger partial charge in [0.05, 0.1) is 16.7 Å². The Morgan fingerprint density at radius 2 is 1.70 bits per heavy atom. The van der Waals surface area contributed by atoms with Crippen molar-refractivity contribution in [2.45, 2.75) is 23.8 Å². The summed E-state index contributed by atoms with van der Waals surface area (Å²) in [6.45, 7) is 1.04. The molecule has 140 valence electrons. The number of aromatic nitrogens is 1. The maximum Gasteiger partial charge on any atom is 0.268 e. The maximum atomic E-state index is 13.0. The van der Waals surface area contributed by atoms with Gasteiger partial charge in [0.25, 0.3) is 10.0 Å². The van der Waals surface area contributed by atoms with E-state index in [2.05, 4.69) is 0 Å². The van der Waals surface area contributed by atoms with Crippen LogP contribution in [0.25, 0.3) is 11.3 Å². The fourth-order valence-corrected chi connectivity index (χ4v) is 4.61. The second-order valence-corrected chi connectivity index (χ2v) is 8.52. The molecule has 1 aliphatic heterocycles. The van der Waals surface area contributed by atoms with Crippen molar-refractivity contribution in [3.05, 3.63) is 78.7 Å². The molecule has 0 N–H and O–H groups in total. The van der Waals surface area contributed by atoms with E-state index in [4.69, 9.17) is 4.74 Å². The number of ether oxygens (including phenoxy) is 1. The Morgan fingerprint density at radius 3 is 2.26 bits per heavy atom. The van der Waals surface area contributed by atoms with Crippen molar-refractivity contribution in [2.24, 2.45) is 5.92 Å². The Morgan fingerprint density at radius 1 is 0.963 bits per heavy atom. The number of hydrogen-bond donors (Lipinski definition) is 0. The van der Waals surface area contributed by atoms with Crippen LogP contribution in [0.15, 0.2) is 77.8 Å². The largest absolute Gasteiger partial charge is 0.378 e. The molecule has 2 aromatic carbocycles. The summed E-state index contributed by atoms with van der Waals surface area (Å²) in [5.41, 5.74) is 1.14. The maximum absolute atomic E-state index is 13.0. The van der Waals surface area contributed by atoms with Crippen LogP contribution in [-0.4, -0.2) is 25.1 Å². The number of nitrogens with zero attached hydrogens (tertiary/aromatic N) is 1. The third-order valence-corrected chi connectivity index (χ3v) is 6.54. The quantitative estimate of drug-likeness (QED) is 0.674.